The number of amides is 2. The van der Waals surface area contributed by atoms with E-state index in [2.05, 4.69) is 12.2 Å². The van der Waals surface area contributed by atoms with Gasteiger partial charge in [-0.1, -0.05) is 19.8 Å². The number of carbonyl (C=O) groups excluding carboxylic acids is 2. The fraction of sp³-hybridized carbons (Fsp3) is 0.619. The monoisotopic (exact) mass is 451 g/mol. The Hall–Kier alpha value is -1.58. The van der Waals surface area contributed by atoms with Crippen LogP contribution in [0.1, 0.15) is 45.4 Å². The lowest BCUT2D eigenvalue weighted by Crippen LogP contribution is -2.47. The fourth-order valence-corrected chi connectivity index (χ4v) is 6.83. The molecule has 3 aliphatic heterocycles. The molecule has 0 saturated carbocycles. The molecule has 0 aliphatic carbocycles. The maximum atomic E-state index is 13.1. The Morgan fingerprint density at radius 1 is 1.07 bits per heavy atom. The van der Waals surface area contributed by atoms with E-state index in [-0.39, 0.29) is 16.7 Å². The van der Waals surface area contributed by atoms with Gasteiger partial charge < -0.3 is 10.2 Å². The van der Waals surface area contributed by atoms with Crippen molar-refractivity contribution in [2.24, 2.45) is 5.92 Å². The summed E-state index contributed by atoms with van der Waals surface area (Å²) < 4.78 is 27.7. The third-order valence-electron chi connectivity index (χ3n) is 6.21. The van der Waals surface area contributed by atoms with E-state index in [4.69, 9.17) is 0 Å². The molecule has 1 atom stereocenters. The van der Waals surface area contributed by atoms with Crippen molar-refractivity contribution in [2.45, 2.75) is 60.5 Å². The number of hydrogen-bond acceptors (Lipinski definition) is 5. The maximum Gasteiger partial charge on any atom is 0.247 e. The second-order valence-electron chi connectivity index (χ2n) is 8.47. The quantitative estimate of drug-likeness (QED) is 0.714. The first kappa shape index (κ1) is 21.6. The molecule has 164 valence electrons. The summed E-state index contributed by atoms with van der Waals surface area (Å²) >= 11 is 1.21. The van der Waals surface area contributed by atoms with Gasteiger partial charge in [-0.25, -0.2) is 8.42 Å². The summed E-state index contributed by atoms with van der Waals surface area (Å²) in [6, 6.07) is 4.83. The third-order valence-corrected chi connectivity index (χ3v) is 9.37. The highest BCUT2D eigenvalue weighted by atomic mass is 32.2. The summed E-state index contributed by atoms with van der Waals surface area (Å²) in [5.74, 6) is 0.0731. The highest BCUT2D eigenvalue weighted by molar-refractivity contribution is 8.01. The molecule has 1 aromatic carbocycles. The zero-order valence-electron chi connectivity index (χ0n) is 17.3. The van der Waals surface area contributed by atoms with Crippen molar-refractivity contribution in [3.8, 4) is 0 Å². The highest BCUT2D eigenvalue weighted by Crippen LogP contribution is 2.38. The summed E-state index contributed by atoms with van der Waals surface area (Å²) in [6.07, 6.45) is 5.76. The van der Waals surface area contributed by atoms with Gasteiger partial charge in [0.1, 0.15) is 0 Å². The van der Waals surface area contributed by atoms with Crippen LogP contribution in [-0.4, -0.2) is 60.9 Å². The van der Waals surface area contributed by atoms with Gasteiger partial charge in [-0.15, -0.1) is 11.8 Å². The largest absolute Gasteiger partial charge is 0.341 e. The van der Waals surface area contributed by atoms with Crippen LogP contribution >= 0.6 is 11.8 Å². The third kappa shape index (κ3) is 4.38. The normalized spacial score (nSPS) is 24.1. The van der Waals surface area contributed by atoms with Gasteiger partial charge in [-0.05, 0) is 49.8 Å². The van der Waals surface area contributed by atoms with E-state index in [9.17, 15) is 18.0 Å². The summed E-state index contributed by atoms with van der Waals surface area (Å²) in [7, 11) is -3.59. The number of rotatable bonds is 3. The molecule has 9 heteroatoms. The minimum absolute atomic E-state index is 0.156. The van der Waals surface area contributed by atoms with Gasteiger partial charge in [0, 0.05) is 31.1 Å². The van der Waals surface area contributed by atoms with E-state index in [1.165, 1.54) is 17.8 Å². The van der Waals surface area contributed by atoms with Gasteiger partial charge >= 0.3 is 0 Å². The maximum absolute atomic E-state index is 13.1. The Bertz CT molecular complexity index is 918. The van der Waals surface area contributed by atoms with Crippen LogP contribution in [0.4, 0.5) is 5.69 Å². The van der Waals surface area contributed by atoms with E-state index in [1.54, 1.807) is 21.3 Å². The topological polar surface area (TPSA) is 86.8 Å². The zero-order valence-corrected chi connectivity index (χ0v) is 18.9. The first-order chi connectivity index (χ1) is 14.4. The molecule has 0 spiro atoms. The first-order valence-electron chi connectivity index (χ1n) is 10.8. The average Bonchev–Trinajstić information content (AvgIpc) is 3.03. The van der Waals surface area contributed by atoms with E-state index < -0.39 is 15.3 Å². The van der Waals surface area contributed by atoms with Crippen LogP contribution in [0.15, 0.2) is 28.0 Å². The van der Waals surface area contributed by atoms with E-state index in [0.29, 0.717) is 37.8 Å². The van der Waals surface area contributed by atoms with Crippen LogP contribution in [0.3, 0.4) is 0 Å². The summed E-state index contributed by atoms with van der Waals surface area (Å²) in [6.45, 7) is 4.61. The number of sulfonamides is 1. The molecule has 1 aromatic rings. The number of fused-ring (bicyclic) bond motifs is 1. The first-order valence-corrected chi connectivity index (χ1v) is 13.1. The summed E-state index contributed by atoms with van der Waals surface area (Å²) in [5.41, 5.74) is 0.470. The minimum atomic E-state index is -3.59. The molecule has 30 heavy (non-hydrogen) atoms. The van der Waals surface area contributed by atoms with Crippen LogP contribution < -0.4 is 5.32 Å². The van der Waals surface area contributed by atoms with Crippen LogP contribution in [0, 0.1) is 5.92 Å². The van der Waals surface area contributed by atoms with E-state index in [1.807, 2.05) is 0 Å². The predicted molar refractivity (Wildman–Crippen MR) is 117 cm³/mol. The number of anilines is 1. The van der Waals surface area contributed by atoms with Crippen molar-refractivity contribution in [2.75, 3.05) is 31.5 Å². The molecule has 0 aromatic heterocycles. The Kier molecular flexibility index (Phi) is 6.41. The second-order valence-corrected chi connectivity index (χ2v) is 11.6. The number of carbonyl (C=O) groups is 2. The summed E-state index contributed by atoms with van der Waals surface area (Å²) in [4.78, 5) is 28.3. The lowest BCUT2D eigenvalue weighted by molar-refractivity contribution is -0.135. The molecule has 2 saturated heterocycles. The molecule has 7 nitrogen and oxygen atoms in total. The highest BCUT2D eigenvalue weighted by Gasteiger charge is 2.37. The molecule has 3 heterocycles. The van der Waals surface area contributed by atoms with Crippen molar-refractivity contribution in [3.63, 3.8) is 0 Å². The Balaban J connectivity index is 1.51. The molecule has 2 amide bonds. The second kappa shape index (κ2) is 8.88. The number of piperidine rings is 1. The molecule has 3 aliphatic rings. The van der Waals surface area contributed by atoms with Gasteiger partial charge in [-0.2, -0.15) is 4.31 Å². The van der Waals surface area contributed by atoms with Crippen LogP contribution in [-0.2, 0) is 19.6 Å². The van der Waals surface area contributed by atoms with Gasteiger partial charge in [0.25, 0.3) is 0 Å². The van der Waals surface area contributed by atoms with Crippen molar-refractivity contribution < 1.29 is 18.0 Å². The van der Waals surface area contributed by atoms with Crippen molar-refractivity contribution in [1.29, 1.82) is 0 Å². The number of likely N-dealkylation sites (tertiary alicyclic amines) is 1. The standard InChI is InChI=1S/C21H29N3O4S2/c1-15-8-12-23(13-9-15)21(26)19-20(25)22-17-14-16(6-7-18(17)29-19)30(27,28)24-10-4-2-3-5-11-24/h6-7,14-15,19H,2-5,8-13H2,1H3,(H,22,25)/t19-/m1/s1. The van der Waals surface area contributed by atoms with Crippen LogP contribution in [0.25, 0.3) is 0 Å². The number of benzene rings is 1. The molecular weight excluding hydrogens is 422 g/mol. The predicted octanol–water partition coefficient (Wildman–Crippen LogP) is 2.92. The molecule has 0 radical (unpaired) electrons. The minimum Gasteiger partial charge on any atom is -0.341 e. The zero-order chi connectivity index (χ0) is 21.3. The van der Waals surface area contributed by atoms with Crippen molar-refractivity contribution in [3.05, 3.63) is 18.2 Å². The van der Waals surface area contributed by atoms with Crippen molar-refractivity contribution in [1.82, 2.24) is 9.21 Å². The summed E-state index contributed by atoms with van der Waals surface area (Å²) in [5, 5.41) is 1.96. The smallest absolute Gasteiger partial charge is 0.247 e. The van der Waals surface area contributed by atoms with E-state index >= 15 is 0 Å². The Labute approximate surface area is 182 Å². The van der Waals surface area contributed by atoms with E-state index in [0.717, 1.165) is 43.4 Å². The fourth-order valence-electron chi connectivity index (χ4n) is 4.24. The number of nitrogens with zero attached hydrogens (tertiary/aromatic N) is 2. The number of nitrogens with one attached hydrogen (secondary N) is 1. The van der Waals surface area contributed by atoms with Gasteiger partial charge in [-0.3, -0.25) is 9.59 Å². The molecule has 4 rings (SSSR count). The molecule has 1 N–H and O–H groups in total. The lowest BCUT2D eigenvalue weighted by atomic mass is 9.99. The Morgan fingerprint density at radius 3 is 2.40 bits per heavy atom. The number of hydrogen-bond donors (Lipinski definition) is 1. The van der Waals surface area contributed by atoms with Gasteiger partial charge in [0.15, 0.2) is 5.25 Å². The average molecular weight is 452 g/mol. The van der Waals surface area contributed by atoms with Crippen LogP contribution in [0.5, 0.6) is 0 Å². The SMILES string of the molecule is CC1CCN(C(=O)[C@@H]2Sc3ccc(S(=O)(=O)N4CCCCCC4)cc3NC2=O)CC1. The molecule has 0 bridgehead atoms. The number of thioether (sulfide) groups is 1. The lowest BCUT2D eigenvalue weighted by Gasteiger charge is -2.34. The molecule has 0 unspecified atom stereocenters. The molecular formula is C21H29N3O4S2. The molecule has 2 fully saturated rings. The van der Waals surface area contributed by atoms with Gasteiger partial charge in [0.2, 0.25) is 21.8 Å². The van der Waals surface area contributed by atoms with Crippen LogP contribution in [0.2, 0.25) is 0 Å². The van der Waals surface area contributed by atoms with Gasteiger partial charge in [0.05, 0.1) is 10.6 Å². The van der Waals surface area contributed by atoms with Crippen molar-refractivity contribution >= 4 is 39.3 Å². The Morgan fingerprint density at radius 2 is 1.73 bits per heavy atom.